The Balaban J connectivity index is 1.40. The van der Waals surface area contributed by atoms with Crippen molar-refractivity contribution < 1.29 is 35.5 Å². The molecule has 17 heteroatoms. The first-order chi connectivity index (χ1) is 19.9. The van der Waals surface area contributed by atoms with Crippen LogP contribution < -0.4 is 5.32 Å². The first-order valence-electron chi connectivity index (χ1n) is 12.1. The number of carbonyl (C=O) groups excluding carboxylic acids is 1. The summed E-state index contributed by atoms with van der Waals surface area (Å²) in [6.45, 7) is -1.32. The Morgan fingerprint density at radius 2 is 1.86 bits per heavy atom. The largest absolute Gasteiger partial charge is 0.418 e. The van der Waals surface area contributed by atoms with Crippen molar-refractivity contribution in [2.45, 2.75) is 37.4 Å². The van der Waals surface area contributed by atoms with E-state index in [-0.39, 0.29) is 34.6 Å². The Bertz CT molecular complexity index is 1850. The summed E-state index contributed by atoms with van der Waals surface area (Å²) in [5, 5.41) is 9.88. The van der Waals surface area contributed by atoms with Crippen LogP contribution in [0, 0.1) is 11.8 Å². The summed E-state index contributed by atoms with van der Waals surface area (Å²) >= 11 is 0. The summed E-state index contributed by atoms with van der Waals surface area (Å²) in [5.41, 5.74) is -3.54. The Kier molecular flexibility index (Phi) is 6.20. The van der Waals surface area contributed by atoms with Crippen LogP contribution in [-0.4, -0.2) is 45.2 Å². The van der Waals surface area contributed by atoms with Gasteiger partial charge in [0.15, 0.2) is 11.5 Å². The maximum Gasteiger partial charge on any atom is 0.418 e. The van der Waals surface area contributed by atoms with E-state index in [0.717, 1.165) is 29.3 Å². The minimum Gasteiger partial charge on any atom is -0.324 e. The SMILES string of the molecule is CC1(c2cnn(C(F)F)c2)CC(C(=O)Nc2cnc(-c3ncncc3F)c(C(F)(F)F)c2)c2cnc3cc(F)nn3c21. The highest BCUT2D eigenvalue weighted by atomic mass is 19.4. The molecule has 1 aliphatic carbocycles. The number of rotatable bonds is 5. The van der Waals surface area contributed by atoms with Crippen LogP contribution in [0.4, 0.5) is 36.4 Å². The molecule has 1 aliphatic rings. The smallest absolute Gasteiger partial charge is 0.324 e. The maximum absolute atomic E-state index is 14.2. The normalized spacial score (nSPS) is 18.5. The molecule has 5 aromatic heterocycles. The van der Waals surface area contributed by atoms with E-state index in [1.807, 2.05) is 0 Å². The quantitative estimate of drug-likeness (QED) is 0.289. The fraction of sp³-hybridized carbons (Fsp3) is 0.240. The van der Waals surface area contributed by atoms with Crippen LogP contribution in [0.15, 0.2) is 49.4 Å². The predicted octanol–water partition coefficient (Wildman–Crippen LogP) is 4.90. The zero-order valence-electron chi connectivity index (χ0n) is 21.1. The summed E-state index contributed by atoms with van der Waals surface area (Å²) in [7, 11) is 0. The van der Waals surface area contributed by atoms with Crippen molar-refractivity contribution in [3.8, 4) is 11.4 Å². The topological polar surface area (TPSA) is 116 Å². The van der Waals surface area contributed by atoms with Crippen molar-refractivity contribution in [1.82, 2.24) is 39.3 Å². The molecule has 0 radical (unpaired) electrons. The van der Waals surface area contributed by atoms with Crippen molar-refractivity contribution in [2.24, 2.45) is 0 Å². The monoisotopic (exact) mass is 591 g/mol. The van der Waals surface area contributed by atoms with Gasteiger partial charge in [-0.3, -0.25) is 9.78 Å². The molecule has 0 bridgehead atoms. The molecule has 2 atom stereocenters. The Morgan fingerprint density at radius 3 is 2.55 bits per heavy atom. The Labute approximate surface area is 230 Å². The average molecular weight is 591 g/mol. The van der Waals surface area contributed by atoms with E-state index >= 15 is 0 Å². The van der Waals surface area contributed by atoms with Gasteiger partial charge in [-0.05, 0) is 19.4 Å². The lowest BCUT2D eigenvalue weighted by Gasteiger charge is -2.24. The predicted molar refractivity (Wildman–Crippen MR) is 129 cm³/mol. The number of amides is 1. The van der Waals surface area contributed by atoms with E-state index in [0.29, 0.717) is 16.9 Å². The highest BCUT2D eigenvalue weighted by Gasteiger charge is 2.48. The standard InChI is InChI=1S/C25H16F7N9O/c1-24(11-5-37-40(9-11)23(28)29)4-13(14-7-34-18-3-17(27)39-41(18)21(14)24)22(42)38-12-2-15(25(30,31)32)19(35-6-12)20-16(26)8-33-10-36-20/h2-3,5-10,13,23H,4H2,1H3,(H,38,42). The molecular formula is C25H16F7N9O. The van der Waals surface area contributed by atoms with Crippen LogP contribution in [0.2, 0.25) is 0 Å². The molecule has 10 nitrogen and oxygen atoms in total. The highest BCUT2D eigenvalue weighted by Crippen LogP contribution is 2.50. The number of fused-ring (bicyclic) bond motifs is 3. The Morgan fingerprint density at radius 1 is 1.07 bits per heavy atom. The first-order valence-corrected chi connectivity index (χ1v) is 12.1. The molecule has 0 aromatic carbocycles. The molecule has 1 N–H and O–H groups in total. The average Bonchev–Trinajstić information content (AvgIpc) is 3.64. The lowest BCUT2D eigenvalue weighted by Crippen LogP contribution is -2.25. The van der Waals surface area contributed by atoms with Gasteiger partial charge in [-0.15, -0.1) is 5.10 Å². The van der Waals surface area contributed by atoms with Gasteiger partial charge in [-0.1, -0.05) is 0 Å². The summed E-state index contributed by atoms with van der Waals surface area (Å²) in [5.74, 6) is -3.87. The van der Waals surface area contributed by atoms with Gasteiger partial charge in [-0.2, -0.15) is 31.4 Å². The molecular weight excluding hydrogens is 575 g/mol. The molecule has 42 heavy (non-hydrogen) atoms. The highest BCUT2D eigenvalue weighted by molar-refractivity contribution is 5.97. The number of anilines is 1. The Hall–Kier alpha value is -4.96. The van der Waals surface area contributed by atoms with Crippen LogP contribution >= 0.6 is 0 Å². The van der Waals surface area contributed by atoms with E-state index in [4.69, 9.17) is 0 Å². The minimum atomic E-state index is -5.00. The van der Waals surface area contributed by atoms with E-state index in [9.17, 15) is 35.5 Å². The fourth-order valence-corrected chi connectivity index (χ4v) is 5.21. The van der Waals surface area contributed by atoms with Crippen molar-refractivity contribution in [3.05, 3.63) is 83.6 Å². The van der Waals surface area contributed by atoms with Gasteiger partial charge in [0.1, 0.15) is 17.7 Å². The zero-order valence-corrected chi connectivity index (χ0v) is 21.1. The van der Waals surface area contributed by atoms with Crippen LogP contribution in [-0.2, 0) is 16.4 Å². The van der Waals surface area contributed by atoms with E-state index in [2.05, 4.69) is 35.5 Å². The number of carbonyl (C=O) groups is 1. The van der Waals surface area contributed by atoms with Crippen molar-refractivity contribution in [1.29, 1.82) is 0 Å². The number of hydrogen-bond acceptors (Lipinski definition) is 7. The number of pyridine rings is 1. The molecule has 0 saturated carbocycles. The first kappa shape index (κ1) is 27.2. The molecule has 6 rings (SSSR count). The van der Waals surface area contributed by atoms with Gasteiger partial charge >= 0.3 is 12.7 Å². The molecule has 2 unspecified atom stereocenters. The number of nitrogens with one attached hydrogen (secondary N) is 1. The van der Waals surface area contributed by atoms with E-state index in [1.54, 1.807) is 6.92 Å². The van der Waals surface area contributed by atoms with Gasteiger partial charge in [-0.25, -0.2) is 28.5 Å². The van der Waals surface area contributed by atoms with Gasteiger partial charge in [0.25, 0.3) is 0 Å². The molecule has 0 aliphatic heterocycles. The lowest BCUT2D eigenvalue weighted by atomic mass is 9.80. The molecule has 5 heterocycles. The molecule has 0 fully saturated rings. The number of nitrogens with zero attached hydrogens (tertiary/aromatic N) is 8. The molecule has 0 saturated heterocycles. The third-order valence-corrected chi connectivity index (χ3v) is 7.10. The van der Waals surface area contributed by atoms with Crippen molar-refractivity contribution in [3.63, 3.8) is 0 Å². The van der Waals surface area contributed by atoms with Gasteiger partial charge in [0.2, 0.25) is 11.9 Å². The van der Waals surface area contributed by atoms with Gasteiger partial charge in [0.05, 0.1) is 41.5 Å². The second kappa shape index (κ2) is 9.56. The summed E-state index contributed by atoms with van der Waals surface area (Å²) in [6.07, 6.45) is 0.980. The number of alkyl halides is 5. The van der Waals surface area contributed by atoms with E-state index in [1.165, 1.54) is 12.4 Å². The van der Waals surface area contributed by atoms with Gasteiger partial charge in [0, 0.05) is 35.0 Å². The summed E-state index contributed by atoms with van der Waals surface area (Å²) in [6, 6.07) is 1.64. The van der Waals surface area contributed by atoms with Crippen molar-refractivity contribution >= 4 is 17.2 Å². The third kappa shape index (κ3) is 4.40. The third-order valence-electron chi connectivity index (χ3n) is 7.10. The van der Waals surface area contributed by atoms with Gasteiger partial charge < -0.3 is 5.32 Å². The van der Waals surface area contributed by atoms with Crippen LogP contribution in [0.5, 0.6) is 0 Å². The van der Waals surface area contributed by atoms with Crippen LogP contribution in [0.3, 0.4) is 0 Å². The zero-order chi connectivity index (χ0) is 30.0. The summed E-state index contributed by atoms with van der Waals surface area (Å²) in [4.78, 5) is 28.4. The van der Waals surface area contributed by atoms with Crippen LogP contribution in [0.25, 0.3) is 17.0 Å². The van der Waals surface area contributed by atoms with Crippen LogP contribution in [0.1, 0.15) is 48.2 Å². The minimum absolute atomic E-state index is 0.0742. The second-order valence-electron chi connectivity index (χ2n) is 9.70. The van der Waals surface area contributed by atoms with Crippen molar-refractivity contribution in [2.75, 3.05) is 5.32 Å². The maximum atomic E-state index is 14.2. The summed E-state index contributed by atoms with van der Waals surface area (Å²) < 4.78 is 98.4. The molecule has 216 valence electrons. The second-order valence-corrected chi connectivity index (χ2v) is 9.70. The molecule has 0 spiro atoms. The number of halogens is 7. The number of aromatic nitrogens is 8. The van der Waals surface area contributed by atoms with E-state index < -0.39 is 58.7 Å². The fourth-order valence-electron chi connectivity index (χ4n) is 5.21. The molecule has 1 amide bonds. The number of hydrogen-bond donors (Lipinski definition) is 1. The molecule has 5 aromatic rings. The lowest BCUT2D eigenvalue weighted by molar-refractivity contribution is -0.137.